The van der Waals surface area contributed by atoms with E-state index in [9.17, 15) is 9.59 Å². The molecule has 1 saturated heterocycles. The second kappa shape index (κ2) is 6.71. The van der Waals surface area contributed by atoms with Crippen molar-refractivity contribution in [1.82, 2.24) is 9.47 Å². The number of aromatic nitrogens is 1. The molecule has 1 aromatic carbocycles. The lowest BCUT2D eigenvalue weighted by molar-refractivity contribution is -0.131. The van der Waals surface area contributed by atoms with Crippen molar-refractivity contribution in [2.75, 3.05) is 25.1 Å². The van der Waals surface area contributed by atoms with E-state index in [1.54, 1.807) is 17.8 Å². The fourth-order valence-corrected chi connectivity index (χ4v) is 4.72. The van der Waals surface area contributed by atoms with E-state index in [1.807, 2.05) is 40.0 Å². The summed E-state index contributed by atoms with van der Waals surface area (Å²) in [4.78, 5) is 26.9. The van der Waals surface area contributed by atoms with Gasteiger partial charge in [-0.05, 0) is 30.2 Å². The van der Waals surface area contributed by atoms with Crippen molar-refractivity contribution < 1.29 is 4.79 Å². The number of hydrogen-bond donors (Lipinski definition) is 0. The minimum atomic E-state index is 0.0771. The molecule has 4 rings (SSSR count). The third-order valence-corrected chi connectivity index (χ3v) is 5.83. The van der Waals surface area contributed by atoms with Gasteiger partial charge in [0.05, 0.1) is 5.75 Å². The summed E-state index contributed by atoms with van der Waals surface area (Å²) in [6, 6.07) is 13.9. The van der Waals surface area contributed by atoms with Crippen molar-refractivity contribution in [2.24, 2.45) is 5.92 Å². The molecule has 2 aromatic rings. The Morgan fingerprint density at radius 3 is 2.68 bits per heavy atom. The number of likely N-dealkylation sites (tertiary alicyclic amines) is 1. The first-order valence-corrected chi connectivity index (χ1v) is 10.1. The molecule has 0 spiro atoms. The minimum Gasteiger partial charge on any atom is -0.341 e. The number of rotatable bonds is 3. The Morgan fingerprint density at radius 2 is 1.92 bits per heavy atom. The Balaban J connectivity index is 1.77. The Hall–Kier alpha value is -2.01. The number of fused-ring (bicyclic) bond motifs is 4. The summed E-state index contributed by atoms with van der Waals surface area (Å²) in [6.45, 7) is 2.21. The van der Waals surface area contributed by atoms with E-state index < -0.39 is 0 Å². The quantitative estimate of drug-likeness (QED) is 0.851. The van der Waals surface area contributed by atoms with Gasteiger partial charge in [0.15, 0.2) is 0 Å². The van der Waals surface area contributed by atoms with E-state index in [2.05, 4.69) is 12.1 Å². The van der Waals surface area contributed by atoms with E-state index >= 15 is 0 Å². The van der Waals surface area contributed by atoms with Gasteiger partial charge in [0.25, 0.3) is 5.56 Å². The number of pyridine rings is 1. The first-order valence-electron chi connectivity index (χ1n) is 8.73. The number of piperidine rings is 1. The zero-order valence-electron chi connectivity index (χ0n) is 14.4. The summed E-state index contributed by atoms with van der Waals surface area (Å²) < 4.78 is 1.96. The maximum atomic E-state index is 12.5. The van der Waals surface area contributed by atoms with Gasteiger partial charge in [-0.2, -0.15) is 11.8 Å². The van der Waals surface area contributed by atoms with Crippen LogP contribution in [-0.2, 0) is 11.3 Å². The minimum absolute atomic E-state index is 0.0771. The SMILES string of the molecule is CSCC(=O)N1C[C@H]2C[C@H](C1)c1c(-c3ccccc3)ccc(=O)n1C2. The van der Waals surface area contributed by atoms with Crippen molar-refractivity contribution in [1.29, 1.82) is 0 Å². The Kier molecular flexibility index (Phi) is 4.42. The maximum absolute atomic E-state index is 12.5. The third kappa shape index (κ3) is 3.01. The summed E-state index contributed by atoms with van der Waals surface area (Å²) >= 11 is 1.57. The fourth-order valence-electron chi connectivity index (χ4n) is 4.30. The molecule has 1 aromatic heterocycles. The molecule has 0 saturated carbocycles. The van der Waals surface area contributed by atoms with Crippen molar-refractivity contribution in [3.8, 4) is 11.1 Å². The average molecular weight is 354 g/mol. The van der Waals surface area contributed by atoms with Gasteiger partial charge in [0.2, 0.25) is 5.91 Å². The van der Waals surface area contributed by atoms with Crippen LogP contribution in [0.3, 0.4) is 0 Å². The lowest BCUT2D eigenvalue weighted by Crippen LogP contribution is -2.49. The van der Waals surface area contributed by atoms with Gasteiger partial charge in [-0.3, -0.25) is 9.59 Å². The third-order valence-electron chi connectivity index (χ3n) is 5.30. The molecule has 1 amide bonds. The van der Waals surface area contributed by atoms with Crippen LogP contribution in [0.1, 0.15) is 18.0 Å². The summed E-state index contributed by atoms with van der Waals surface area (Å²) in [5.41, 5.74) is 3.45. The fraction of sp³-hybridized carbons (Fsp3) is 0.400. The molecular weight excluding hydrogens is 332 g/mol. The van der Waals surface area contributed by atoms with Gasteiger partial charge < -0.3 is 9.47 Å². The standard InChI is InChI=1S/C20H22N2O2S/c1-25-13-19(24)21-10-14-9-16(12-21)20-17(15-5-3-2-4-6-15)7-8-18(23)22(20)11-14/h2-8,14,16H,9-13H2,1H3/t14-,16-/m1/s1. The topological polar surface area (TPSA) is 42.3 Å². The molecular formula is C20H22N2O2S. The molecule has 4 nitrogen and oxygen atoms in total. The van der Waals surface area contributed by atoms with Gasteiger partial charge >= 0.3 is 0 Å². The summed E-state index contributed by atoms with van der Waals surface area (Å²) in [5, 5.41) is 0. The monoisotopic (exact) mass is 354 g/mol. The van der Waals surface area contributed by atoms with E-state index in [1.165, 1.54) is 0 Å². The van der Waals surface area contributed by atoms with E-state index in [-0.39, 0.29) is 17.4 Å². The molecule has 2 bridgehead atoms. The number of benzene rings is 1. The van der Waals surface area contributed by atoms with E-state index in [0.29, 0.717) is 18.2 Å². The lowest BCUT2D eigenvalue weighted by Gasteiger charge is -2.43. The van der Waals surface area contributed by atoms with Crippen LogP contribution < -0.4 is 5.56 Å². The molecule has 0 N–H and O–H groups in total. The maximum Gasteiger partial charge on any atom is 0.250 e. The molecule has 130 valence electrons. The second-order valence-corrected chi connectivity index (χ2v) is 7.84. The number of nitrogens with zero attached hydrogens (tertiary/aromatic N) is 2. The Morgan fingerprint density at radius 1 is 1.12 bits per heavy atom. The largest absolute Gasteiger partial charge is 0.341 e. The van der Waals surface area contributed by atoms with Gasteiger partial charge in [-0.15, -0.1) is 0 Å². The zero-order chi connectivity index (χ0) is 17.4. The number of thioether (sulfide) groups is 1. The number of carbonyl (C=O) groups excluding carboxylic acids is 1. The van der Waals surface area contributed by atoms with Crippen LogP contribution in [0, 0.1) is 5.92 Å². The molecule has 5 heteroatoms. The smallest absolute Gasteiger partial charge is 0.250 e. The van der Waals surface area contributed by atoms with Crippen LogP contribution in [0.5, 0.6) is 0 Å². The molecule has 25 heavy (non-hydrogen) atoms. The van der Waals surface area contributed by atoms with Crippen molar-refractivity contribution >= 4 is 17.7 Å². The van der Waals surface area contributed by atoms with Crippen LogP contribution in [0.2, 0.25) is 0 Å². The van der Waals surface area contributed by atoms with Gasteiger partial charge in [-0.25, -0.2) is 0 Å². The van der Waals surface area contributed by atoms with Crippen molar-refractivity contribution in [3.63, 3.8) is 0 Å². The molecule has 0 radical (unpaired) electrons. The number of carbonyl (C=O) groups is 1. The van der Waals surface area contributed by atoms with Crippen LogP contribution in [-0.4, -0.2) is 40.5 Å². The van der Waals surface area contributed by atoms with E-state index in [4.69, 9.17) is 0 Å². The average Bonchev–Trinajstić information content (AvgIpc) is 2.63. The summed E-state index contributed by atoms with van der Waals surface area (Å²) in [7, 11) is 0. The van der Waals surface area contributed by atoms with Crippen molar-refractivity contribution in [2.45, 2.75) is 18.9 Å². The highest BCUT2D eigenvalue weighted by molar-refractivity contribution is 7.99. The van der Waals surface area contributed by atoms with Crippen molar-refractivity contribution in [3.05, 3.63) is 58.5 Å². The van der Waals surface area contributed by atoms with E-state index in [0.717, 1.165) is 36.3 Å². The number of amides is 1. The van der Waals surface area contributed by atoms with Crippen LogP contribution in [0.4, 0.5) is 0 Å². The Bertz CT molecular complexity index is 847. The first-order chi connectivity index (χ1) is 12.2. The zero-order valence-corrected chi connectivity index (χ0v) is 15.2. The number of hydrogen-bond acceptors (Lipinski definition) is 3. The molecule has 2 aliphatic rings. The van der Waals surface area contributed by atoms with Crippen LogP contribution in [0.15, 0.2) is 47.3 Å². The summed E-state index contributed by atoms with van der Waals surface area (Å²) in [6.07, 6.45) is 3.03. The van der Waals surface area contributed by atoms with Crippen LogP contribution in [0.25, 0.3) is 11.1 Å². The van der Waals surface area contributed by atoms with Gasteiger partial charge in [0, 0.05) is 42.9 Å². The molecule has 3 heterocycles. The summed E-state index contributed by atoms with van der Waals surface area (Å²) in [5.74, 6) is 1.37. The predicted octanol–water partition coefficient (Wildman–Crippen LogP) is 2.82. The Labute approximate surface area is 151 Å². The predicted molar refractivity (Wildman–Crippen MR) is 102 cm³/mol. The molecule has 0 unspecified atom stereocenters. The molecule has 0 aliphatic carbocycles. The highest BCUT2D eigenvalue weighted by atomic mass is 32.2. The van der Waals surface area contributed by atoms with Gasteiger partial charge in [-0.1, -0.05) is 30.3 Å². The molecule has 2 atom stereocenters. The first kappa shape index (κ1) is 16.5. The lowest BCUT2D eigenvalue weighted by atomic mass is 9.80. The highest BCUT2D eigenvalue weighted by Crippen LogP contribution is 2.39. The van der Waals surface area contributed by atoms with Crippen LogP contribution >= 0.6 is 11.8 Å². The van der Waals surface area contributed by atoms with Gasteiger partial charge in [0.1, 0.15) is 0 Å². The normalized spacial score (nSPS) is 21.7. The molecule has 2 aliphatic heterocycles. The highest BCUT2D eigenvalue weighted by Gasteiger charge is 2.37. The molecule has 1 fully saturated rings. The second-order valence-electron chi connectivity index (χ2n) is 6.98.